The van der Waals surface area contributed by atoms with Gasteiger partial charge >= 0.3 is 0 Å². The fraction of sp³-hybridized carbons (Fsp3) is 0.714. The minimum Gasteiger partial charge on any atom is -0.388 e. The Labute approximate surface area is 103 Å². The Morgan fingerprint density at radius 2 is 2.29 bits per heavy atom. The zero-order chi connectivity index (χ0) is 12.7. The van der Waals surface area contributed by atoms with E-state index in [2.05, 4.69) is 11.8 Å². The molecule has 1 rings (SSSR count). The third-order valence-corrected chi connectivity index (χ3v) is 3.12. The van der Waals surface area contributed by atoms with Crippen molar-refractivity contribution in [2.24, 2.45) is 0 Å². The van der Waals surface area contributed by atoms with Crippen LogP contribution in [0.5, 0.6) is 0 Å². The molecule has 0 spiro atoms. The zero-order valence-electron chi connectivity index (χ0n) is 10.4. The van der Waals surface area contributed by atoms with Crippen molar-refractivity contribution in [3.05, 3.63) is 17.4 Å². The minimum atomic E-state index is -0.930. The van der Waals surface area contributed by atoms with Crippen LogP contribution < -0.4 is 0 Å². The summed E-state index contributed by atoms with van der Waals surface area (Å²) in [6.07, 6.45) is 6.75. The van der Waals surface area contributed by atoms with Crippen LogP contribution in [0.2, 0.25) is 0 Å². The van der Waals surface area contributed by atoms with Gasteiger partial charge in [-0.15, -0.1) is 5.73 Å². The molecule has 0 aromatic heterocycles. The summed E-state index contributed by atoms with van der Waals surface area (Å²) < 4.78 is 0. The van der Waals surface area contributed by atoms with E-state index in [9.17, 15) is 10.2 Å². The first-order valence-electron chi connectivity index (χ1n) is 6.29. The standard InChI is InChI=1S/C14H21NO2/c1-14(17,9-4-5-11-15)10-8-12-6-2-3-7-13(12)16/h10,13,16-17H,2-7,9H2,1H3/t8?,13-,14?/m0/s1. The molecule has 2 atom stereocenters. The van der Waals surface area contributed by atoms with E-state index in [-0.39, 0.29) is 0 Å². The highest BCUT2D eigenvalue weighted by Gasteiger charge is 2.18. The van der Waals surface area contributed by atoms with E-state index >= 15 is 0 Å². The Morgan fingerprint density at radius 1 is 1.53 bits per heavy atom. The molecule has 0 amide bonds. The van der Waals surface area contributed by atoms with E-state index in [1.54, 1.807) is 13.0 Å². The van der Waals surface area contributed by atoms with Gasteiger partial charge in [-0.2, -0.15) is 5.26 Å². The Balaban J connectivity index is 2.60. The Bertz CT molecular complexity index is 346. The van der Waals surface area contributed by atoms with Crippen LogP contribution in [0, 0.1) is 11.3 Å². The lowest BCUT2D eigenvalue weighted by Crippen LogP contribution is -2.20. The molecule has 0 saturated heterocycles. The highest BCUT2D eigenvalue weighted by Crippen LogP contribution is 2.23. The van der Waals surface area contributed by atoms with Crippen molar-refractivity contribution in [1.82, 2.24) is 0 Å². The van der Waals surface area contributed by atoms with Gasteiger partial charge in [-0.25, -0.2) is 0 Å². The maximum Gasteiger partial charge on any atom is 0.0873 e. The van der Waals surface area contributed by atoms with Gasteiger partial charge in [0.2, 0.25) is 0 Å². The molecule has 17 heavy (non-hydrogen) atoms. The van der Waals surface area contributed by atoms with E-state index in [1.807, 2.05) is 0 Å². The fourth-order valence-corrected chi connectivity index (χ4v) is 2.01. The van der Waals surface area contributed by atoms with Crippen molar-refractivity contribution in [3.63, 3.8) is 0 Å². The topological polar surface area (TPSA) is 64.2 Å². The number of rotatable bonds is 4. The summed E-state index contributed by atoms with van der Waals surface area (Å²) in [6, 6.07) is 2.06. The molecule has 0 aliphatic heterocycles. The summed E-state index contributed by atoms with van der Waals surface area (Å²) in [4.78, 5) is 0. The number of hydrogen-bond acceptors (Lipinski definition) is 3. The van der Waals surface area contributed by atoms with Gasteiger partial charge in [0.25, 0.3) is 0 Å². The largest absolute Gasteiger partial charge is 0.388 e. The molecule has 1 unspecified atom stereocenters. The van der Waals surface area contributed by atoms with Gasteiger partial charge in [0.05, 0.1) is 17.8 Å². The number of nitrogens with zero attached hydrogens (tertiary/aromatic N) is 1. The molecule has 94 valence electrons. The van der Waals surface area contributed by atoms with Crippen LogP contribution in [0.15, 0.2) is 17.4 Å². The second-order valence-electron chi connectivity index (χ2n) is 4.94. The molecular weight excluding hydrogens is 214 g/mol. The van der Waals surface area contributed by atoms with Gasteiger partial charge in [-0.05, 0) is 50.7 Å². The zero-order valence-corrected chi connectivity index (χ0v) is 10.4. The van der Waals surface area contributed by atoms with Gasteiger partial charge in [0.15, 0.2) is 0 Å². The van der Waals surface area contributed by atoms with Gasteiger partial charge in [-0.3, -0.25) is 0 Å². The van der Waals surface area contributed by atoms with Crippen LogP contribution in [0.1, 0.15) is 51.9 Å². The summed E-state index contributed by atoms with van der Waals surface area (Å²) in [7, 11) is 0. The average molecular weight is 235 g/mol. The monoisotopic (exact) mass is 235 g/mol. The van der Waals surface area contributed by atoms with E-state index in [0.29, 0.717) is 19.3 Å². The summed E-state index contributed by atoms with van der Waals surface area (Å²) in [5.74, 6) is 0. The molecule has 0 bridgehead atoms. The molecule has 0 heterocycles. The highest BCUT2D eigenvalue weighted by atomic mass is 16.3. The third kappa shape index (κ3) is 5.19. The lowest BCUT2D eigenvalue weighted by molar-refractivity contribution is 0.0998. The lowest BCUT2D eigenvalue weighted by Gasteiger charge is -2.20. The van der Waals surface area contributed by atoms with E-state index < -0.39 is 11.7 Å². The molecule has 0 radical (unpaired) electrons. The van der Waals surface area contributed by atoms with Crippen molar-refractivity contribution in [2.75, 3.05) is 0 Å². The van der Waals surface area contributed by atoms with Crippen LogP contribution in [0.3, 0.4) is 0 Å². The second kappa shape index (κ2) is 6.61. The van der Waals surface area contributed by atoms with E-state index in [1.165, 1.54) is 0 Å². The Hall–Kier alpha value is -1.07. The maximum absolute atomic E-state index is 10.0. The smallest absolute Gasteiger partial charge is 0.0873 e. The lowest BCUT2D eigenvalue weighted by atomic mass is 9.91. The first kappa shape index (κ1) is 14.0. The van der Waals surface area contributed by atoms with E-state index in [0.717, 1.165) is 31.3 Å². The van der Waals surface area contributed by atoms with Gasteiger partial charge in [0, 0.05) is 6.42 Å². The quantitative estimate of drug-likeness (QED) is 0.581. The van der Waals surface area contributed by atoms with Crippen molar-refractivity contribution >= 4 is 0 Å². The Morgan fingerprint density at radius 3 is 2.94 bits per heavy atom. The SMILES string of the molecule is CC(O)(C=C=C1CCCC[C@@H]1O)CCCC#N. The second-order valence-corrected chi connectivity index (χ2v) is 4.94. The normalized spacial score (nSPS) is 23.4. The first-order chi connectivity index (χ1) is 8.05. The molecule has 2 N–H and O–H groups in total. The van der Waals surface area contributed by atoms with Gasteiger partial charge in [-0.1, -0.05) is 6.42 Å². The third-order valence-electron chi connectivity index (χ3n) is 3.12. The van der Waals surface area contributed by atoms with Crippen LogP contribution in [0.4, 0.5) is 0 Å². The number of unbranched alkanes of at least 4 members (excludes halogenated alkanes) is 1. The molecule has 0 aromatic rings. The predicted molar refractivity (Wildman–Crippen MR) is 66.2 cm³/mol. The minimum absolute atomic E-state index is 0.394. The van der Waals surface area contributed by atoms with Gasteiger partial charge < -0.3 is 10.2 Å². The number of nitriles is 1. The fourth-order valence-electron chi connectivity index (χ4n) is 2.01. The van der Waals surface area contributed by atoms with E-state index in [4.69, 9.17) is 5.26 Å². The van der Waals surface area contributed by atoms with Crippen LogP contribution >= 0.6 is 0 Å². The maximum atomic E-state index is 10.0. The summed E-state index contributed by atoms with van der Waals surface area (Å²) in [5, 5.41) is 28.2. The van der Waals surface area contributed by atoms with Crippen molar-refractivity contribution in [2.45, 2.75) is 63.6 Å². The molecule has 3 heteroatoms. The van der Waals surface area contributed by atoms with Crippen LogP contribution in [0.25, 0.3) is 0 Å². The highest BCUT2D eigenvalue weighted by molar-refractivity contribution is 5.12. The molecule has 1 fully saturated rings. The molecular formula is C14H21NO2. The van der Waals surface area contributed by atoms with Gasteiger partial charge in [0.1, 0.15) is 0 Å². The van der Waals surface area contributed by atoms with Crippen molar-refractivity contribution < 1.29 is 10.2 Å². The number of aliphatic hydroxyl groups is 2. The molecule has 1 saturated carbocycles. The van der Waals surface area contributed by atoms with Crippen molar-refractivity contribution in [3.8, 4) is 6.07 Å². The number of hydrogen-bond donors (Lipinski definition) is 2. The van der Waals surface area contributed by atoms with Crippen molar-refractivity contribution in [1.29, 1.82) is 5.26 Å². The van der Waals surface area contributed by atoms with Crippen LogP contribution in [-0.2, 0) is 0 Å². The number of aliphatic hydroxyl groups excluding tert-OH is 1. The summed E-state index contributed by atoms with van der Waals surface area (Å²) in [6.45, 7) is 1.72. The molecule has 3 nitrogen and oxygen atoms in total. The summed E-state index contributed by atoms with van der Waals surface area (Å²) >= 11 is 0. The molecule has 1 aliphatic rings. The summed E-state index contributed by atoms with van der Waals surface area (Å²) in [5.41, 5.74) is 3.02. The first-order valence-corrected chi connectivity index (χ1v) is 6.29. The Kier molecular flexibility index (Phi) is 5.44. The molecule has 0 aromatic carbocycles. The molecule has 1 aliphatic carbocycles. The predicted octanol–water partition coefficient (Wildman–Crippen LogP) is 2.45. The van der Waals surface area contributed by atoms with Crippen LogP contribution in [-0.4, -0.2) is 21.9 Å². The average Bonchev–Trinajstić information content (AvgIpc) is 2.28.